The second kappa shape index (κ2) is 13.2. The molecule has 0 aromatic carbocycles. The monoisotopic (exact) mass is 210 g/mol. The summed E-state index contributed by atoms with van der Waals surface area (Å²) in [6, 6.07) is 0. The van der Waals surface area contributed by atoms with Crippen LogP contribution in [0.15, 0.2) is 37.5 Å². The molecule has 0 radical (unpaired) electrons. The smallest absolute Gasteiger partial charge is 0.0116 e. The van der Waals surface area contributed by atoms with Gasteiger partial charge in [0, 0.05) is 0 Å². The molecule has 0 spiro atoms. The van der Waals surface area contributed by atoms with E-state index in [2.05, 4.69) is 54.4 Å². The fraction of sp³-hybridized carbons (Fsp3) is 0.600. The second-order valence-corrected chi connectivity index (χ2v) is 4.27. The molecule has 0 aliphatic rings. The van der Waals surface area contributed by atoms with Crippen molar-refractivity contribution in [1.29, 1.82) is 0 Å². The Morgan fingerprint density at radius 1 is 1.20 bits per heavy atom. The SMILES string of the molecule is C=CC.C=CCC(C)(C)C(=C)C.CCC. The van der Waals surface area contributed by atoms with Gasteiger partial charge in [0.05, 0.1) is 0 Å². The van der Waals surface area contributed by atoms with Gasteiger partial charge in [-0.1, -0.05) is 58.4 Å². The van der Waals surface area contributed by atoms with Gasteiger partial charge in [-0.2, -0.15) is 0 Å². The lowest BCUT2D eigenvalue weighted by molar-refractivity contribution is 0.456. The van der Waals surface area contributed by atoms with E-state index in [1.54, 1.807) is 6.08 Å². The maximum atomic E-state index is 3.90. The van der Waals surface area contributed by atoms with Gasteiger partial charge in [0.25, 0.3) is 0 Å². The Morgan fingerprint density at radius 3 is 1.53 bits per heavy atom. The van der Waals surface area contributed by atoms with Gasteiger partial charge < -0.3 is 0 Å². The summed E-state index contributed by atoms with van der Waals surface area (Å²) in [6.07, 6.45) is 5.96. The van der Waals surface area contributed by atoms with Crippen LogP contribution >= 0.6 is 0 Å². The fourth-order valence-corrected chi connectivity index (χ4v) is 0.535. The van der Waals surface area contributed by atoms with Crippen molar-refractivity contribution in [3.63, 3.8) is 0 Å². The van der Waals surface area contributed by atoms with E-state index in [1.807, 2.05) is 13.0 Å². The van der Waals surface area contributed by atoms with Crippen molar-refractivity contribution in [2.45, 2.75) is 54.4 Å². The Labute approximate surface area is 97.8 Å². The largest absolute Gasteiger partial charge is 0.103 e. The molecule has 0 atom stereocenters. The summed E-state index contributed by atoms with van der Waals surface area (Å²) in [6.45, 7) is 23.5. The molecule has 0 nitrogen and oxygen atoms in total. The number of allylic oxidation sites excluding steroid dienone is 3. The minimum atomic E-state index is 0.238. The minimum Gasteiger partial charge on any atom is -0.103 e. The topological polar surface area (TPSA) is 0 Å². The highest BCUT2D eigenvalue weighted by molar-refractivity contribution is 5.05. The molecule has 90 valence electrons. The third-order valence-electron chi connectivity index (χ3n) is 1.81. The first-order valence-corrected chi connectivity index (χ1v) is 5.67. The third kappa shape index (κ3) is 19.6. The van der Waals surface area contributed by atoms with Crippen molar-refractivity contribution in [3.05, 3.63) is 37.5 Å². The Morgan fingerprint density at radius 2 is 1.47 bits per heavy atom. The van der Waals surface area contributed by atoms with Crippen molar-refractivity contribution in [1.82, 2.24) is 0 Å². The zero-order chi connectivity index (χ0) is 12.9. The molecule has 15 heavy (non-hydrogen) atoms. The van der Waals surface area contributed by atoms with Crippen LogP contribution < -0.4 is 0 Å². The van der Waals surface area contributed by atoms with Crippen LogP contribution in [0, 0.1) is 5.41 Å². The van der Waals surface area contributed by atoms with Crippen molar-refractivity contribution in [2.75, 3.05) is 0 Å². The van der Waals surface area contributed by atoms with Crippen molar-refractivity contribution >= 4 is 0 Å². The van der Waals surface area contributed by atoms with Gasteiger partial charge in [-0.3, -0.25) is 0 Å². The van der Waals surface area contributed by atoms with E-state index in [0.717, 1.165) is 6.42 Å². The van der Waals surface area contributed by atoms with Crippen LogP contribution in [-0.4, -0.2) is 0 Å². The van der Waals surface area contributed by atoms with E-state index in [0.29, 0.717) is 0 Å². The Balaban J connectivity index is -0.000000200. The molecular weight excluding hydrogens is 180 g/mol. The molecule has 0 aromatic rings. The summed E-state index contributed by atoms with van der Waals surface area (Å²) in [5, 5.41) is 0. The first-order chi connectivity index (χ1) is 6.83. The van der Waals surface area contributed by atoms with Gasteiger partial charge in [0.15, 0.2) is 0 Å². The van der Waals surface area contributed by atoms with Gasteiger partial charge >= 0.3 is 0 Å². The predicted octanol–water partition coefficient (Wildman–Crippen LogP) is 5.77. The zero-order valence-electron chi connectivity index (χ0n) is 11.7. The minimum absolute atomic E-state index is 0.238. The molecule has 0 rings (SSSR count). The molecule has 0 heteroatoms. The van der Waals surface area contributed by atoms with Crippen LogP contribution in [-0.2, 0) is 0 Å². The summed E-state index contributed by atoms with van der Waals surface area (Å²) in [5.41, 5.74) is 1.46. The van der Waals surface area contributed by atoms with Crippen molar-refractivity contribution < 1.29 is 0 Å². The summed E-state index contributed by atoms with van der Waals surface area (Å²) in [5.74, 6) is 0. The summed E-state index contributed by atoms with van der Waals surface area (Å²) in [7, 11) is 0. The molecule has 0 N–H and O–H groups in total. The number of hydrogen-bond donors (Lipinski definition) is 0. The van der Waals surface area contributed by atoms with E-state index in [4.69, 9.17) is 0 Å². The standard InChI is InChI=1S/C9H16.C3H8.C3H6/c1-6-7-9(4,5)8(2)3;2*1-3-2/h6H,1-2,7H2,3-5H3;3H2,1-2H3;3H,1H2,2H3. The fourth-order valence-electron chi connectivity index (χ4n) is 0.535. The molecule has 0 aliphatic carbocycles. The van der Waals surface area contributed by atoms with Crippen LogP contribution in [0.3, 0.4) is 0 Å². The average molecular weight is 210 g/mol. The van der Waals surface area contributed by atoms with E-state index in [-0.39, 0.29) is 5.41 Å². The van der Waals surface area contributed by atoms with E-state index in [1.165, 1.54) is 12.0 Å². The lowest BCUT2D eigenvalue weighted by Crippen LogP contribution is -2.10. The van der Waals surface area contributed by atoms with Crippen LogP contribution in [0.4, 0.5) is 0 Å². The highest BCUT2D eigenvalue weighted by Crippen LogP contribution is 2.28. The van der Waals surface area contributed by atoms with Crippen LogP contribution in [0.1, 0.15) is 54.4 Å². The van der Waals surface area contributed by atoms with Gasteiger partial charge in [-0.15, -0.1) is 13.2 Å². The molecule has 0 heterocycles. The average Bonchev–Trinajstić information content (AvgIpc) is 2.06. The maximum absolute atomic E-state index is 3.90. The normalized spacial score (nSPS) is 8.67. The number of rotatable bonds is 3. The van der Waals surface area contributed by atoms with Crippen LogP contribution in [0.25, 0.3) is 0 Å². The highest BCUT2D eigenvalue weighted by Gasteiger charge is 2.15. The van der Waals surface area contributed by atoms with Gasteiger partial charge in [0.1, 0.15) is 0 Å². The molecule has 0 aromatic heterocycles. The zero-order valence-corrected chi connectivity index (χ0v) is 11.7. The first kappa shape index (κ1) is 19.7. The summed E-state index contributed by atoms with van der Waals surface area (Å²) < 4.78 is 0. The van der Waals surface area contributed by atoms with Crippen molar-refractivity contribution in [3.8, 4) is 0 Å². The van der Waals surface area contributed by atoms with Gasteiger partial charge in [-0.05, 0) is 25.7 Å². The highest BCUT2D eigenvalue weighted by atomic mass is 14.2. The van der Waals surface area contributed by atoms with E-state index in [9.17, 15) is 0 Å². The molecular formula is C15H30. The maximum Gasteiger partial charge on any atom is -0.0116 e. The Bertz CT molecular complexity index is 161. The summed E-state index contributed by atoms with van der Waals surface area (Å²) in [4.78, 5) is 0. The molecule has 0 amide bonds. The van der Waals surface area contributed by atoms with E-state index < -0.39 is 0 Å². The molecule has 0 saturated carbocycles. The molecule has 0 unspecified atom stereocenters. The van der Waals surface area contributed by atoms with E-state index >= 15 is 0 Å². The van der Waals surface area contributed by atoms with Crippen LogP contribution in [0.5, 0.6) is 0 Å². The predicted molar refractivity (Wildman–Crippen MR) is 75.2 cm³/mol. The van der Waals surface area contributed by atoms with Crippen LogP contribution in [0.2, 0.25) is 0 Å². The van der Waals surface area contributed by atoms with Gasteiger partial charge in [-0.25, -0.2) is 0 Å². The number of hydrogen-bond acceptors (Lipinski definition) is 0. The molecule has 0 aliphatic heterocycles. The molecule has 0 saturated heterocycles. The second-order valence-electron chi connectivity index (χ2n) is 4.27. The Kier molecular flexibility index (Phi) is 17.4. The molecule has 0 bridgehead atoms. The molecule has 0 fully saturated rings. The van der Waals surface area contributed by atoms with Crippen molar-refractivity contribution in [2.24, 2.45) is 5.41 Å². The first-order valence-electron chi connectivity index (χ1n) is 5.67. The Hall–Kier alpha value is -0.780. The quantitative estimate of drug-likeness (QED) is 0.518. The lowest BCUT2D eigenvalue weighted by Gasteiger charge is -2.22. The van der Waals surface area contributed by atoms with Gasteiger partial charge in [0.2, 0.25) is 0 Å². The third-order valence-corrected chi connectivity index (χ3v) is 1.81. The lowest BCUT2D eigenvalue weighted by atomic mass is 9.83. The summed E-state index contributed by atoms with van der Waals surface area (Å²) >= 11 is 0.